The molecule has 37 heavy (non-hydrogen) atoms. The van der Waals surface area contributed by atoms with Crippen LogP contribution in [-0.4, -0.2) is 91.9 Å². The molecule has 0 aliphatic carbocycles. The largest absolute Gasteiger partial charge is 0.481 e. The molecule has 4 amide bonds. The number of carbonyl (C=O) groups is 6. The summed E-state index contributed by atoms with van der Waals surface area (Å²) in [5.74, 6) is -5.29. The van der Waals surface area contributed by atoms with Gasteiger partial charge in [-0.05, 0) is 31.3 Å². The first kappa shape index (κ1) is 31.4. The second-order valence-corrected chi connectivity index (χ2v) is 9.11. The van der Waals surface area contributed by atoms with Crippen LogP contribution in [0.5, 0.6) is 0 Å². The molecule has 1 aromatic rings. The molecule has 15 nitrogen and oxygen atoms in total. The SMILES string of the molecule is CSCCC(NC(=O)C(CCC(N)=O)NC(=O)C(N)Cc1cnc[nH]1)C(=O)NC(CCC(=O)O)C(=O)O. The van der Waals surface area contributed by atoms with E-state index in [1.165, 1.54) is 24.3 Å². The normalized spacial score (nSPS) is 14.0. The number of imidazole rings is 1. The average molecular weight is 544 g/mol. The first-order valence-corrected chi connectivity index (χ1v) is 12.7. The van der Waals surface area contributed by atoms with Gasteiger partial charge in [0.05, 0.1) is 12.4 Å². The number of aromatic amines is 1. The molecular weight excluding hydrogens is 510 g/mol. The third-order valence-electron chi connectivity index (χ3n) is 5.15. The maximum absolute atomic E-state index is 13.0. The van der Waals surface area contributed by atoms with Gasteiger partial charge in [-0.25, -0.2) is 9.78 Å². The Kier molecular flexibility index (Phi) is 13.7. The number of nitrogens with one attached hydrogen (secondary N) is 4. The summed E-state index contributed by atoms with van der Waals surface area (Å²) in [7, 11) is 0. The molecule has 0 saturated carbocycles. The number of hydrogen-bond donors (Lipinski definition) is 8. The molecule has 206 valence electrons. The smallest absolute Gasteiger partial charge is 0.326 e. The Bertz CT molecular complexity index is 943. The Morgan fingerprint density at radius 2 is 1.51 bits per heavy atom. The lowest BCUT2D eigenvalue weighted by atomic mass is 10.1. The molecule has 0 spiro atoms. The number of H-pyrrole nitrogens is 1. The fourth-order valence-corrected chi connectivity index (χ4v) is 3.61. The van der Waals surface area contributed by atoms with E-state index in [1.807, 2.05) is 0 Å². The molecule has 1 aromatic heterocycles. The Morgan fingerprint density at radius 1 is 0.946 bits per heavy atom. The van der Waals surface area contributed by atoms with Crippen LogP contribution >= 0.6 is 11.8 Å². The van der Waals surface area contributed by atoms with Gasteiger partial charge in [0.15, 0.2) is 0 Å². The van der Waals surface area contributed by atoms with Gasteiger partial charge in [0.2, 0.25) is 23.6 Å². The Labute approximate surface area is 216 Å². The van der Waals surface area contributed by atoms with Crippen molar-refractivity contribution < 1.29 is 39.0 Å². The molecule has 4 atom stereocenters. The summed E-state index contributed by atoms with van der Waals surface area (Å²) >= 11 is 1.37. The van der Waals surface area contributed by atoms with Gasteiger partial charge < -0.3 is 42.6 Å². The van der Waals surface area contributed by atoms with Crippen molar-refractivity contribution in [3.05, 3.63) is 18.2 Å². The molecule has 0 aliphatic heterocycles. The van der Waals surface area contributed by atoms with E-state index in [1.54, 1.807) is 6.26 Å². The summed E-state index contributed by atoms with van der Waals surface area (Å²) in [6.07, 6.45) is 3.62. The van der Waals surface area contributed by atoms with Gasteiger partial charge in [0.25, 0.3) is 0 Å². The lowest BCUT2D eigenvalue weighted by Crippen LogP contribution is -2.57. The summed E-state index contributed by atoms with van der Waals surface area (Å²) in [5, 5.41) is 25.3. The van der Waals surface area contributed by atoms with Crippen LogP contribution in [0.3, 0.4) is 0 Å². The minimum Gasteiger partial charge on any atom is -0.481 e. The zero-order valence-electron chi connectivity index (χ0n) is 20.3. The number of primary amides is 1. The van der Waals surface area contributed by atoms with Gasteiger partial charge in [-0.15, -0.1) is 0 Å². The number of nitrogens with two attached hydrogens (primary N) is 2. The molecule has 0 fully saturated rings. The van der Waals surface area contributed by atoms with Crippen LogP contribution < -0.4 is 27.4 Å². The number of aliphatic carboxylic acids is 2. The number of rotatable bonds is 18. The van der Waals surface area contributed by atoms with Crippen LogP contribution in [0.1, 0.15) is 37.8 Å². The third-order valence-corrected chi connectivity index (χ3v) is 5.79. The predicted octanol–water partition coefficient (Wildman–Crippen LogP) is -2.30. The van der Waals surface area contributed by atoms with Crippen molar-refractivity contribution in [2.24, 2.45) is 11.5 Å². The Balaban J connectivity index is 2.95. The van der Waals surface area contributed by atoms with E-state index < -0.39 is 66.2 Å². The minimum absolute atomic E-state index is 0.0989. The number of carboxylic acids is 2. The van der Waals surface area contributed by atoms with Gasteiger partial charge in [0, 0.05) is 31.2 Å². The lowest BCUT2D eigenvalue weighted by molar-refractivity contribution is -0.143. The topological polar surface area (TPSA) is 260 Å². The standard InChI is InChI=1S/C21H33N7O8S/c1-37-7-6-14(20(34)28-15(21(35)36)3-5-17(30)31)27-19(33)13(2-4-16(23)29)26-18(32)12(22)8-11-9-24-10-25-11/h9-10,12-15H,2-8,22H2,1H3,(H2,23,29)(H,24,25)(H,26,32)(H,27,33)(H,28,34)(H,30,31)(H,35,36). The number of amides is 4. The predicted molar refractivity (Wildman–Crippen MR) is 132 cm³/mol. The van der Waals surface area contributed by atoms with Crippen molar-refractivity contribution >= 4 is 47.3 Å². The highest BCUT2D eigenvalue weighted by Gasteiger charge is 2.30. The highest BCUT2D eigenvalue weighted by molar-refractivity contribution is 7.98. The first-order chi connectivity index (χ1) is 17.4. The maximum Gasteiger partial charge on any atom is 0.326 e. The van der Waals surface area contributed by atoms with Crippen molar-refractivity contribution in [3.8, 4) is 0 Å². The van der Waals surface area contributed by atoms with Crippen molar-refractivity contribution in [2.75, 3.05) is 12.0 Å². The number of carboxylic acid groups (broad SMARTS) is 2. The van der Waals surface area contributed by atoms with Crippen molar-refractivity contribution in [2.45, 2.75) is 62.7 Å². The van der Waals surface area contributed by atoms with Gasteiger partial charge >= 0.3 is 11.9 Å². The zero-order valence-corrected chi connectivity index (χ0v) is 21.1. The first-order valence-electron chi connectivity index (χ1n) is 11.3. The lowest BCUT2D eigenvalue weighted by Gasteiger charge is -2.25. The van der Waals surface area contributed by atoms with Gasteiger partial charge in [-0.2, -0.15) is 11.8 Å². The zero-order chi connectivity index (χ0) is 28.0. The molecule has 0 aliphatic rings. The number of nitrogens with zero attached hydrogens (tertiary/aromatic N) is 1. The van der Waals surface area contributed by atoms with Crippen LogP contribution in [0.2, 0.25) is 0 Å². The van der Waals surface area contributed by atoms with Crippen molar-refractivity contribution in [3.63, 3.8) is 0 Å². The molecule has 10 N–H and O–H groups in total. The van der Waals surface area contributed by atoms with E-state index in [0.717, 1.165) is 0 Å². The monoisotopic (exact) mass is 543 g/mol. The van der Waals surface area contributed by atoms with E-state index in [2.05, 4.69) is 25.9 Å². The molecule has 0 bridgehead atoms. The van der Waals surface area contributed by atoms with E-state index in [-0.39, 0.29) is 32.1 Å². The number of carbonyl (C=O) groups excluding carboxylic acids is 4. The second-order valence-electron chi connectivity index (χ2n) is 8.13. The van der Waals surface area contributed by atoms with Gasteiger partial charge in [0.1, 0.15) is 18.1 Å². The van der Waals surface area contributed by atoms with E-state index in [9.17, 15) is 33.9 Å². The third kappa shape index (κ3) is 12.2. The quantitative estimate of drug-likeness (QED) is 0.0976. The number of aromatic nitrogens is 2. The maximum atomic E-state index is 13.0. The van der Waals surface area contributed by atoms with Gasteiger partial charge in [-0.3, -0.25) is 24.0 Å². The molecular formula is C21H33N7O8S. The molecule has 0 saturated heterocycles. The van der Waals surface area contributed by atoms with Crippen LogP contribution in [0.4, 0.5) is 0 Å². The summed E-state index contributed by atoms with van der Waals surface area (Å²) in [5.41, 5.74) is 11.7. The number of hydrogen-bond acceptors (Lipinski definition) is 9. The molecule has 1 rings (SSSR count). The fraction of sp³-hybridized carbons (Fsp3) is 0.571. The number of thioether (sulfide) groups is 1. The van der Waals surface area contributed by atoms with Crippen LogP contribution in [0.15, 0.2) is 12.5 Å². The molecule has 16 heteroatoms. The Morgan fingerprint density at radius 3 is 2.03 bits per heavy atom. The average Bonchev–Trinajstić information content (AvgIpc) is 3.33. The van der Waals surface area contributed by atoms with E-state index in [4.69, 9.17) is 16.6 Å². The fourth-order valence-electron chi connectivity index (χ4n) is 3.13. The summed E-state index contributed by atoms with van der Waals surface area (Å²) < 4.78 is 0. The highest BCUT2D eigenvalue weighted by Crippen LogP contribution is 2.07. The molecule has 0 radical (unpaired) electrons. The van der Waals surface area contributed by atoms with Crippen molar-refractivity contribution in [1.29, 1.82) is 0 Å². The molecule has 4 unspecified atom stereocenters. The van der Waals surface area contributed by atoms with Crippen LogP contribution in [-0.2, 0) is 35.2 Å². The molecule has 0 aromatic carbocycles. The van der Waals surface area contributed by atoms with Crippen molar-refractivity contribution in [1.82, 2.24) is 25.9 Å². The van der Waals surface area contributed by atoms with Gasteiger partial charge in [-0.1, -0.05) is 0 Å². The summed E-state index contributed by atoms with van der Waals surface area (Å²) in [4.78, 5) is 78.6. The summed E-state index contributed by atoms with van der Waals surface area (Å²) in [6.45, 7) is 0. The summed E-state index contributed by atoms with van der Waals surface area (Å²) in [6, 6.07) is -4.99. The Hall–Kier alpha value is -3.66. The van der Waals surface area contributed by atoms with E-state index in [0.29, 0.717) is 11.4 Å². The minimum atomic E-state index is -1.48. The van der Waals surface area contributed by atoms with Crippen LogP contribution in [0.25, 0.3) is 0 Å². The highest BCUT2D eigenvalue weighted by atomic mass is 32.2. The van der Waals surface area contributed by atoms with Crippen LogP contribution in [0, 0.1) is 0 Å². The second kappa shape index (κ2) is 16.2. The van der Waals surface area contributed by atoms with E-state index >= 15 is 0 Å². The molecule has 1 heterocycles.